The molecule has 5 nitrogen and oxygen atoms in total. The molecule has 0 fully saturated rings. The summed E-state index contributed by atoms with van der Waals surface area (Å²) < 4.78 is 34.8. The predicted molar refractivity (Wildman–Crippen MR) is 89.3 cm³/mol. The lowest BCUT2D eigenvalue weighted by Gasteiger charge is -2.12. The quantitative estimate of drug-likeness (QED) is 0.689. The Morgan fingerprint density at radius 2 is 1.62 bits per heavy atom. The first-order valence-electron chi connectivity index (χ1n) is 6.91. The highest BCUT2D eigenvalue weighted by atomic mass is 79.9. The molecule has 0 bridgehead atoms. The van der Waals surface area contributed by atoms with Gasteiger partial charge in [0.1, 0.15) is 6.61 Å². The zero-order chi connectivity index (χ0) is 17.7. The number of rotatable bonds is 6. The van der Waals surface area contributed by atoms with E-state index in [4.69, 9.17) is 18.9 Å². The van der Waals surface area contributed by atoms with Gasteiger partial charge in [0.15, 0.2) is 23.1 Å². The van der Waals surface area contributed by atoms with Gasteiger partial charge in [-0.1, -0.05) is 15.9 Å². The van der Waals surface area contributed by atoms with E-state index in [1.165, 1.54) is 33.5 Å². The van der Waals surface area contributed by atoms with E-state index in [9.17, 15) is 9.18 Å². The van der Waals surface area contributed by atoms with Crippen LogP contribution in [0.4, 0.5) is 4.39 Å². The van der Waals surface area contributed by atoms with Gasteiger partial charge in [-0.25, -0.2) is 9.18 Å². The summed E-state index contributed by atoms with van der Waals surface area (Å²) >= 11 is 3.38. The van der Waals surface area contributed by atoms with E-state index >= 15 is 0 Å². The van der Waals surface area contributed by atoms with Gasteiger partial charge in [-0.3, -0.25) is 0 Å². The molecule has 0 atom stereocenters. The lowest BCUT2D eigenvalue weighted by atomic mass is 10.2. The molecular weight excluding hydrogens is 383 g/mol. The molecule has 0 aliphatic rings. The highest BCUT2D eigenvalue weighted by Crippen LogP contribution is 2.33. The molecule has 0 aliphatic carbocycles. The first-order chi connectivity index (χ1) is 11.5. The second kappa shape index (κ2) is 8.01. The number of halogens is 2. The average molecular weight is 399 g/mol. The second-order valence-corrected chi connectivity index (χ2v) is 5.58. The van der Waals surface area contributed by atoms with Crippen molar-refractivity contribution in [1.29, 1.82) is 0 Å². The van der Waals surface area contributed by atoms with Gasteiger partial charge in [0.25, 0.3) is 0 Å². The molecule has 24 heavy (non-hydrogen) atoms. The van der Waals surface area contributed by atoms with Crippen molar-refractivity contribution in [2.24, 2.45) is 0 Å². The number of ether oxygens (including phenoxy) is 4. The third kappa shape index (κ3) is 3.97. The van der Waals surface area contributed by atoms with E-state index in [0.29, 0.717) is 21.5 Å². The topological polar surface area (TPSA) is 54.0 Å². The molecule has 0 radical (unpaired) electrons. The molecule has 7 heteroatoms. The van der Waals surface area contributed by atoms with Crippen LogP contribution in [0.25, 0.3) is 0 Å². The van der Waals surface area contributed by atoms with Gasteiger partial charge < -0.3 is 18.9 Å². The summed E-state index contributed by atoms with van der Waals surface area (Å²) in [6, 6.07) is 7.30. The number of methoxy groups -OCH3 is 3. The number of hydrogen-bond donors (Lipinski definition) is 0. The van der Waals surface area contributed by atoms with Crippen LogP contribution in [0.2, 0.25) is 0 Å². The molecular formula is C17H16BrFO5. The predicted octanol–water partition coefficient (Wildman–Crippen LogP) is 3.97. The van der Waals surface area contributed by atoms with Crippen molar-refractivity contribution in [3.8, 4) is 17.2 Å². The highest BCUT2D eigenvalue weighted by Gasteiger charge is 2.14. The van der Waals surface area contributed by atoms with E-state index in [1.807, 2.05) is 0 Å². The third-order valence-corrected chi connectivity index (χ3v) is 4.04. The van der Waals surface area contributed by atoms with Crippen LogP contribution in [-0.4, -0.2) is 27.3 Å². The SMILES string of the molecule is COc1ccc(C(=O)OCc2cc(OC)c(OC)cc2Br)cc1F. The molecule has 0 amide bonds. The zero-order valence-electron chi connectivity index (χ0n) is 13.4. The summed E-state index contributed by atoms with van der Waals surface area (Å²) in [5.74, 6) is -0.134. The fourth-order valence-corrected chi connectivity index (χ4v) is 2.46. The van der Waals surface area contributed by atoms with Crippen molar-refractivity contribution in [3.05, 3.63) is 51.7 Å². The lowest BCUT2D eigenvalue weighted by molar-refractivity contribution is 0.0471. The van der Waals surface area contributed by atoms with Gasteiger partial charge >= 0.3 is 5.97 Å². The molecule has 0 saturated heterocycles. The van der Waals surface area contributed by atoms with Crippen LogP contribution in [0.5, 0.6) is 17.2 Å². The van der Waals surface area contributed by atoms with Crippen molar-refractivity contribution in [1.82, 2.24) is 0 Å². The first-order valence-corrected chi connectivity index (χ1v) is 7.70. The highest BCUT2D eigenvalue weighted by molar-refractivity contribution is 9.10. The van der Waals surface area contributed by atoms with Crippen LogP contribution in [0.15, 0.2) is 34.8 Å². The lowest BCUT2D eigenvalue weighted by Crippen LogP contribution is -2.06. The Bertz CT molecular complexity index is 748. The van der Waals surface area contributed by atoms with Crippen molar-refractivity contribution >= 4 is 21.9 Å². The summed E-state index contributed by atoms with van der Waals surface area (Å²) in [6.07, 6.45) is 0. The molecule has 0 spiro atoms. The monoisotopic (exact) mass is 398 g/mol. The van der Waals surface area contributed by atoms with E-state index in [0.717, 1.165) is 6.07 Å². The van der Waals surface area contributed by atoms with Gasteiger partial charge in [-0.2, -0.15) is 0 Å². The van der Waals surface area contributed by atoms with Crippen molar-refractivity contribution in [2.75, 3.05) is 21.3 Å². The number of hydrogen-bond acceptors (Lipinski definition) is 5. The summed E-state index contributed by atoms with van der Waals surface area (Å²) in [5, 5.41) is 0. The molecule has 128 valence electrons. The molecule has 2 aromatic rings. The van der Waals surface area contributed by atoms with E-state index in [1.54, 1.807) is 12.1 Å². The fraction of sp³-hybridized carbons (Fsp3) is 0.235. The van der Waals surface area contributed by atoms with Crippen LogP contribution in [0.1, 0.15) is 15.9 Å². The molecule has 0 saturated carbocycles. The minimum atomic E-state index is -0.641. The number of carbonyl (C=O) groups is 1. The summed E-state index contributed by atoms with van der Waals surface area (Å²) in [5.41, 5.74) is 0.792. The maximum atomic E-state index is 13.6. The molecule has 0 unspecified atom stereocenters. The minimum Gasteiger partial charge on any atom is -0.494 e. The molecule has 0 N–H and O–H groups in total. The van der Waals surface area contributed by atoms with Crippen molar-refractivity contribution < 1.29 is 28.1 Å². The first kappa shape index (κ1) is 18.1. The smallest absolute Gasteiger partial charge is 0.338 e. The van der Waals surface area contributed by atoms with Crippen LogP contribution < -0.4 is 14.2 Å². The van der Waals surface area contributed by atoms with E-state index in [2.05, 4.69) is 15.9 Å². The van der Waals surface area contributed by atoms with Gasteiger partial charge in [-0.15, -0.1) is 0 Å². The maximum absolute atomic E-state index is 13.6. The Morgan fingerprint density at radius 1 is 1.00 bits per heavy atom. The van der Waals surface area contributed by atoms with Crippen LogP contribution in [-0.2, 0) is 11.3 Å². The van der Waals surface area contributed by atoms with E-state index < -0.39 is 11.8 Å². The largest absolute Gasteiger partial charge is 0.494 e. The van der Waals surface area contributed by atoms with Gasteiger partial charge in [-0.05, 0) is 30.3 Å². The minimum absolute atomic E-state index is 0.00653. The Hall–Kier alpha value is -2.28. The number of benzene rings is 2. The van der Waals surface area contributed by atoms with Crippen LogP contribution in [0, 0.1) is 5.82 Å². The molecule has 0 aliphatic heterocycles. The Balaban J connectivity index is 2.13. The summed E-state index contributed by atoms with van der Waals surface area (Å²) in [4.78, 5) is 12.1. The van der Waals surface area contributed by atoms with Gasteiger partial charge in [0.05, 0.1) is 26.9 Å². The van der Waals surface area contributed by atoms with Crippen molar-refractivity contribution in [3.63, 3.8) is 0 Å². The Morgan fingerprint density at radius 3 is 2.21 bits per heavy atom. The van der Waals surface area contributed by atoms with Crippen molar-refractivity contribution in [2.45, 2.75) is 6.61 Å². The van der Waals surface area contributed by atoms with E-state index in [-0.39, 0.29) is 17.9 Å². The fourth-order valence-electron chi connectivity index (χ4n) is 2.03. The van der Waals surface area contributed by atoms with Gasteiger partial charge in [0.2, 0.25) is 0 Å². The van der Waals surface area contributed by atoms with Crippen LogP contribution >= 0.6 is 15.9 Å². The summed E-state index contributed by atoms with van der Waals surface area (Å²) in [6.45, 7) is -0.00653. The number of esters is 1. The normalized spacial score (nSPS) is 10.2. The molecule has 2 rings (SSSR count). The standard InChI is InChI=1S/C17H16BrFO5/c1-21-14-5-4-10(6-13(14)19)17(20)24-9-11-7-15(22-2)16(23-3)8-12(11)18/h4-8H,9H2,1-3H3. The Kier molecular flexibility index (Phi) is 6.03. The van der Waals surface area contributed by atoms with Gasteiger partial charge in [0, 0.05) is 10.0 Å². The maximum Gasteiger partial charge on any atom is 0.338 e. The average Bonchev–Trinajstić information content (AvgIpc) is 2.59. The Labute approximate surface area is 147 Å². The molecule has 0 aromatic heterocycles. The molecule has 0 heterocycles. The third-order valence-electron chi connectivity index (χ3n) is 3.30. The second-order valence-electron chi connectivity index (χ2n) is 4.72. The molecule has 2 aromatic carbocycles. The number of carbonyl (C=O) groups excluding carboxylic acids is 1. The van der Waals surface area contributed by atoms with Crippen LogP contribution in [0.3, 0.4) is 0 Å². The summed E-state index contributed by atoms with van der Waals surface area (Å²) in [7, 11) is 4.40. The zero-order valence-corrected chi connectivity index (χ0v) is 15.0.